The molecule has 3 aromatic carbocycles. The lowest BCUT2D eigenvalue weighted by atomic mass is 9.92. The lowest BCUT2D eigenvalue weighted by Crippen LogP contribution is -2.20. The summed E-state index contributed by atoms with van der Waals surface area (Å²) in [6.45, 7) is 2.37. The largest absolute Gasteiger partial charge is 0.492 e. The van der Waals surface area contributed by atoms with Gasteiger partial charge in [0.15, 0.2) is 0 Å². The van der Waals surface area contributed by atoms with Crippen LogP contribution in [0.15, 0.2) is 60.7 Å². The zero-order valence-corrected chi connectivity index (χ0v) is 18.6. The summed E-state index contributed by atoms with van der Waals surface area (Å²) < 4.78 is 5.78. The number of carbonyl (C=O) groups excluding carboxylic acids is 1. The van der Waals surface area contributed by atoms with E-state index in [2.05, 4.69) is 63.3 Å². The van der Waals surface area contributed by atoms with Crippen LogP contribution in [0, 0.1) is 0 Å². The first-order chi connectivity index (χ1) is 16.7. The maximum atomic E-state index is 12.8. The first-order valence-corrected chi connectivity index (χ1v) is 11.8. The summed E-state index contributed by atoms with van der Waals surface area (Å²) in [6.07, 6.45) is 4.98. The fourth-order valence-electron chi connectivity index (χ4n) is 5.57. The van der Waals surface area contributed by atoms with Gasteiger partial charge in [-0.2, -0.15) is 5.10 Å². The first-order valence-electron chi connectivity index (χ1n) is 11.8. The number of H-pyrrole nitrogens is 1. The van der Waals surface area contributed by atoms with E-state index in [0.717, 1.165) is 58.7 Å². The fraction of sp³-hybridized carbons (Fsp3) is 0.214. The van der Waals surface area contributed by atoms with Crippen LogP contribution in [0.3, 0.4) is 0 Å². The zero-order chi connectivity index (χ0) is 22.7. The van der Waals surface area contributed by atoms with Crippen molar-refractivity contribution in [3.8, 4) is 5.75 Å². The van der Waals surface area contributed by atoms with E-state index in [1.807, 2.05) is 30.3 Å². The van der Waals surface area contributed by atoms with E-state index in [-0.39, 0.29) is 11.8 Å². The van der Waals surface area contributed by atoms with Gasteiger partial charge in [0.05, 0.1) is 16.6 Å². The minimum absolute atomic E-state index is 0.119. The van der Waals surface area contributed by atoms with Crippen molar-refractivity contribution in [3.63, 3.8) is 0 Å². The number of hydrogen-bond donors (Lipinski definition) is 3. The highest BCUT2D eigenvalue weighted by molar-refractivity contribution is 6.09. The topological polar surface area (TPSA) is 79.0 Å². The number of rotatable bonds is 3. The molecule has 0 saturated heterocycles. The Morgan fingerprint density at radius 2 is 2.00 bits per heavy atom. The van der Waals surface area contributed by atoms with Crippen molar-refractivity contribution in [2.75, 3.05) is 18.5 Å². The van der Waals surface area contributed by atoms with E-state index in [0.29, 0.717) is 6.61 Å². The number of benzene rings is 3. The molecule has 4 aromatic rings. The summed E-state index contributed by atoms with van der Waals surface area (Å²) in [7, 11) is 0. The maximum absolute atomic E-state index is 12.8. The van der Waals surface area contributed by atoms with Crippen molar-refractivity contribution >= 4 is 34.6 Å². The molecule has 1 fully saturated rings. The standard InChI is InChI=1S/C28H24N4O2/c33-27-28(21-3-1-2-4-24(21)30-27)15-22(28)18-7-8-20-23(31-32-25(20)14-18)9-5-17-6-10-26-19(13-17)16-29-11-12-34-26/h1-10,13-14,22,29H,11-12,15-16H2,(H,30,33)(H,31,32)/b9-5+/t22-,28?/m0/s1. The molecule has 1 saturated carbocycles. The molecular weight excluding hydrogens is 424 g/mol. The normalized spacial score (nSPS) is 22.9. The number of fused-ring (bicyclic) bond motifs is 4. The van der Waals surface area contributed by atoms with Crippen molar-refractivity contribution in [3.05, 3.63) is 88.6 Å². The molecule has 1 unspecified atom stereocenters. The molecule has 1 aromatic heterocycles. The Kier molecular flexibility index (Phi) is 4.20. The van der Waals surface area contributed by atoms with Gasteiger partial charge in [-0.25, -0.2) is 0 Å². The van der Waals surface area contributed by atoms with E-state index in [1.54, 1.807) is 0 Å². The molecule has 3 aliphatic rings. The van der Waals surface area contributed by atoms with Crippen LogP contribution < -0.4 is 15.4 Å². The fourth-order valence-corrected chi connectivity index (χ4v) is 5.57. The number of aromatic nitrogens is 2. The van der Waals surface area contributed by atoms with Gasteiger partial charge < -0.3 is 15.4 Å². The van der Waals surface area contributed by atoms with Crippen LogP contribution >= 0.6 is 0 Å². The number of amides is 1. The molecule has 1 amide bonds. The van der Waals surface area contributed by atoms with Crippen molar-refractivity contribution in [2.24, 2.45) is 0 Å². The van der Waals surface area contributed by atoms with Crippen LogP contribution in [0.2, 0.25) is 0 Å². The van der Waals surface area contributed by atoms with E-state index >= 15 is 0 Å². The summed E-state index contributed by atoms with van der Waals surface area (Å²) in [5, 5.41) is 15.2. The minimum atomic E-state index is -0.420. The highest BCUT2D eigenvalue weighted by Gasteiger charge is 2.65. The second-order valence-electron chi connectivity index (χ2n) is 9.37. The predicted molar refractivity (Wildman–Crippen MR) is 133 cm³/mol. The Hall–Kier alpha value is -3.90. The van der Waals surface area contributed by atoms with E-state index in [4.69, 9.17) is 4.74 Å². The Balaban J connectivity index is 1.16. The van der Waals surface area contributed by atoms with Crippen LogP contribution in [-0.2, 0) is 16.8 Å². The number of hydrogen-bond acceptors (Lipinski definition) is 4. The molecule has 6 nitrogen and oxygen atoms in total. The Bertz CT molecular complexity index is 1490. The lowest BCUT2D eigenvalue weighted by molar-refractivity contribution is -0.118. The SMILES string of the molecule is O=C1Nc2ccccc2C12C[C@H]2c1ccc2c(/C=C/c3ccc4c(c3)CNCCO4)n[nH]c2c1. The third kappa shape index (κ3) is 2.92. The van der Waals surface area contributed by atoms with Gasteiger partial charge in [-0.1, -0.05) is 42.5 Å². The van der Waals surface area contributed by atoms with Gasteiger partial charge >= 0.3 is 0 Å². The average Bonchev–Trinajstić information content (AvgIpc) is 3.48. The molecule has 3 heterocycles. The summed E-state index contributed by atoms with van der Waals surface area (Å²) in [5.74, 6) is 1.27. The molecule has 2 aliphatic heterocycles. The monoisotopic (exact) mass is 448 g/mol. The zero-order valence-electron chi connectivity index (χ0n) is 18.6. The van der Waals surface area contributed by atoms with Crippen molar-refractivity contribution < 1.29 is 9.53 Å². The highest BCUT2D eigenvalue weighted by atomic mass is 16.5. The molecule has 6 heteroatoms. The predicted octanol–water partition coefficient (Wildman–Crippen LogP) is 4.59. The maximum Gasteiger partial charge on any atom is 0.235 e. The van der Waals surface area contributed by atoms with E-state index < -0.39 is 5.41 Å². The van der Waals surface area contributed by atoms with Gasteiger partial charge in [-0.05, 0) is 53.5 Å². The summed E-state index contributed by atoms with van der Waals surface area (Å²) in [6, 6.07) is 20.7. The Labute approximate surface area is 197 Å². The van der Waals surface area contributed by atoms with Crippen LogP contribution in [0.1, 0.15) is 40.3 Å². The summed E-state index contributed by atoms with van der Waals surface area (Å²) >= 11 is 0. The third-order valence-electron chi connectivity index (χ3n) is 7.41. The number of anilines is 1. The highest BCUT2D eigenvalue weighted by Crippen LogP contribution is 2.64. The first kappa shape index (κ1) is 19.6. The second-order valence-corrected chi connectivity index (χ2v) is 9.37. The smallest absolute Gasteiger partial charge is 0.235 e. The summed E-state index contributed by atoms with van der Waals surface area (Å²) in [5.41, 5.74) is 7.01. The Morgan fingerprint density at radius 3 is 2.97 bits per heavy atom. The van der Waals surface area contributed by atoms with Crippen LogP contribution in [0.4, 0.5) is 5.69 Å². The molecule has 7 rings (SSSR count). The summed E-state index contributed by atoms with van der Waals surface area (Å²) in [4.78, 5) is 12.8. The molecule has 1 aliphatic carbocycles. The quantitative estimate of drug-likeness (QED) is 0.428. The number of aromatic amines is 1. The number of nitrogens with one attached hydrogen (secondary N) is 3. The molecule has 2 atom stereocenters. The van der Waals surface area contributed by atoms with Gasteiger partial charge in [0, 0.05) is 35.6 Å². The van der Waals surface area contributed by atoms with Crippen molar-refractivity contribution in [1.29, 1.82) is 0 Å². The molecule has 3 N–H and O–H groups in total. The van der Waals surface area contributed by atoms with Crippen LogP contribution in [0.25, 0.3) is 23.1 Å². The molecule has 1 spiro atoms. The van der Waals surface area contributed by atoms with Gasteiger partial charge in [0.2, 0.25) is 5.91 Å². The number of ether oxygens (including phenoxy) is 1. The molecule has 0 radical (unpaired) electrons. The van der Waals surface area contributed by atoms with Gasteiger partial charge in [-0.3, -0.25) is 9.89 Å². The average molecular weight is 449 g/mol. The third-order valence-corrected chi connectivity index (χ3v) is 7.41. The van der Waals surface area contributed by atoms with E-state index in [1.165, 1.54) is 11.1 Å². The van der Waals surface area contributed by atoms with Gasteiger partial charge in [0.1, 0.15) is 12.4 Å². The number of nitrogens with zero attached hydrogens (tertiary/aromatic N) is 1. The molecule has 0 bridgehead atoms. The number of carbonyl (C=O) groups is 1. The van der Waals surface area contributed by atoms with Crippen LogP contribution in [0.5, 0.6) is 5.75 Å². The number of para-hydroxylation sites is 1. The second kappa shape index (κ2) is 7.30. The van der Waals surface area contributed by atoms with Crippen LogP contribution in [-0.4, -0.2) is 29.3 Å². The minimum Gasteiger partial charge on any atom is -0.492 e. The van der Waals surface area contributed by atoms with Crippen molar-refractivity contribution in [2.45, 2.75) is 24.3 Å². The Morgan fingerprint density at radius 1 is 1.06 bits per heavy atom. The van der Waals surface area contributed by atoms with Crippen molar-refractivity contribution in [1.82, 2.24) is 15.5 Å². The molecule has 168 valence electrons. The van der Waals surface area contributed by atoms with Gasteiger partial charge in [0.25, 0.3) is 0 Å². The molecular formula is C28H24N4O2. The van der Waals surface area contributed by atoms with E-state index in [9.17, 15) is 4.79 Å². The van der Waals surface area contributed by atoms with Gasteiger partial charge in [-0.15, -0.1) is 0 Å². The lowest BCUT2D eigenvalue weighted by Gasteiger charge is -2.08. The molecule has 34 heavy (non-hydrogen) atoms.